The highest BCUT2D eigenvalue weighted by atomic mass is 14.8. The van der Waals surface area contributed by atoms with Crippen LogP contribution in [0.2, 0.25) is 0 Å². The summed E-state index contributed by atoms with van der Waals surface area (Å²) in [6.07, 6.45) is 8.78. The SMILES string of the molecule is c1c[nH]cn1.c1ccc2c(-c3nccc4ccccc34)nccc2c1. The van der Waals surface area contributed by atoms with Gasteiger partial charge in [0.2, 0.25) is 0 Å². The molecule has 5 rings (SSSR count). The van der Waals surface area contributed by atoms with Crippen molar-refractivity contribution in [2.24, 2.45) is 0 Å². The topological polar surface area (TPSA) is 54.5 Å². The van der Waals surface area contributed by atoms with Gasteiger partial charge < -0.3 is 4.98 Å². The van der Waals surface area contributed by atoms with Crippen molar-refractivity contribution in [1.29, 1.82) is 0 Å². The molecular weight excluding hydrogens is 308 g/mol. The number of imidazole rings is 1. The van der Waals surface area contributed by atoms with Gasteiger partial charge >= 0.3 is 0 Å². The zero-order chi connectivity index (χ0) is 16.9. The molecule has 0 atom stereocenters. The number of fused-ring (bicyclic) bond motifs is 2. The minimum absolute atomic E-state index is 0.944. The van der Waals surface area contributed by atoms with Crippen LogP contribution in [0.3, 0.4) is 0 Å². The maximum absolute atomic E-state index is 4.56. The predicted octanol–water partition coefficient (Wildman–Crippen LogP) is 4.86. The Hall–Kier alpha value is -3.53. The minimum atomic E-state index is 0.944. The van der Waals surface area contributed by atoms with E-state index >= 15 is 0 Å². The van der Waals surface area contributed by atoms with Crippen molar-refractivity contribution in [3.63, 3.8) is 0 Å². The van der Waals surface area contributed by atoms with Gasteiger partial charge in [-0.2, -0.15) is 0 Å². The molecule has 4 nitrogen and oxygen atoms in total. The fourth-order valence-corrected chi connectivity index (χ4v) is 2.83. The molecule has 0 bridgehead atoms. The molecule has 3 heterocycles. The summed E-state index contributed by atoms with van der Waals surface area (Å²) < 4.78 is 0. The van der Waals surface area contributed by atoms with Crippen molar-refractivity contribution in [3.8, 4) is 11.4 Å². The highest BCUT2D eigenvalue weighted by Crippen LogP contribution is 2.29. The average Bonchev–Trinajstić information content (AvgIpc) is 3.27. The lowest BCUT2D eigenvalue weighted by molar-refractivity contribution is 1.29. The van der Waals surface area contributed by atoms with Crippen LogP contribution >= 0.6 is 0 Å². The molecule has 4 heteroatoms. The lowest BCUT2D eigenvalue weighted by Gasteiger charge is -2.07. The third-order valence-corrected chi connectivity index (χ3v) is 3.98. The number of H-pyrrole nitrogens is 1. The van der Waals surface area contributed by atoms with Gasteiger partial charge in [-0.3, -0.25) is 9.97 Å². The number of hydrogen-bond acceptors (Lipinski definition) is 3. The summed E-state index contributed by atoms with van der Waals surface area (Å²) >= 11 is 0. The third-order valence-electron chi connectivity index (χ3n) is 3.98. The summed E-state index contributed by atoms with van der Waals surface area (Å²) in [5.41, 5.74) is 1.89. The molecule has 0 radical (unpaired) electrons. The first-order chi connectivity index (χ1) is 12.4. The smallest absolute Gasteiger partial charge is 0.0970 e. The van der Waals surface area contributed by atoms with Gasteiger partial charge in [-0.1, -0.05) is 48.5 Å². The first-order valence-electron chi connectivity index (χ1n) is 8.04. The number of aromatic amines is 1. The van der Waals surface area contributed by atoms with Crippen LogP contribution < -0.4 is 0 Å². The summed E-state index contributed by atoms with van der Waals surface area (Å²) in [6.45, 7) is 0. The van der Waals surface area contributed by atoms with Crippen molar-refractivity contribution in [3.05, 3.63) is 91.8 Å². The number of pyridine rings is 2. The molecule has 0 saturated heterocycles. The number of hydrogen-bond donors (Lipinski definition) is 1. The first kappa shape index (κ1) is 15.0. The first-order valence-corrected chi connectivity index (χ1v) is 8.04. The maximum atomic E-state index is 4.56. The Morgan fingerprint density at radius 1 is 0.600 bits per heavy atom. The minimum Gasteiger partial charge on any atom is -0.351 e. The van der Waals surface area contributed by atoms with Gasteiger partial charge in [-0.25, -0.2) is 4.98 Å². The molecule has 0 aliphatic heterocycles. The molecule has 0 aliphatic carbocycles. The van der Waals surface area contributed by atoms with Crippen molar-refractivity contribution < 1.29 is 0 Å². The number of nitrogens with one attached hydrogen (secondary N) is 1. The van der Waals surface area contributed by atoms with Crippen LogP contribution in [0.5, 0.6) is 0 Å². The molecule has 0 spiro atoms. The van der Waals surface area contributed by atoms with Crippen LogP contribution in [0.4, 0.5) is 0 Å². The highest BCUT2D eigenvalue weighted by Gasteiger charge is 2.09. The van der Waals surface area contributed by atoms with Crippen LogP contribution in [0, 0.1) is 0 Å². The molecule has 0 fully saturated rings. The van der Waals surface area contributed by atoms with Gasteiger partial charge in [0.25, 0.3) is 0 Å². The summed E-state index contributed by atoms with van der Waals surface area (Å²) in [7, 11) is 0. The van der Waals surface area contributed by atoms with Crippen LogP contribution in [0.15, 0.2) is 91.8 Å². The highest BCUT2D eigenvalue weighted by molar-refractivity contribution is 6.02. The lowest BCUT2D eigenvalue weighted by Crippen LogP contribution is -1.90. The molecule has 5 aromatic rings. The quantitative estimate of drug-likeness (QED) is 0.479. The van der Waals surface area contributed by atoms with Crippen LogP contribution in [-0.2, 0) is 0 Å². The van der Waals surface area contributed by atoms with Gasteiger partial charge in [0, 0.05) is 35.6 Å². The zero-order valence-electron chi connectivity index (χ0n) is 13.5. The van der Waals surface area contributed by atoms with E-state index in [1.54, 1.807) is 18.7 Å². The predicted molar refractivity (Wildman–Crippen MR) is 101 cm³/mol. The lowest BCUT2D eigenvalue weighted by atomic mass is 10.0. The largest absolute Gasteiger partial charge is 0.351 e. The van der Waals surface area contributed by atoms with Gasteiger partial charge in [0.1, 0.15) is 0 Å². The van der Waals surface area contributed by atoms with Crippen LogP contribution in [0.1, 0.15) is 0 Å². The Kier molecular flexibility index (Phi) is 4.16. The summed E-state index contributed by atoms with van der Waals surface area (Å²) in [4.78, 5) is 15.5. The number of aromatic nitrogens is 4. The monoisotopic (exact) mass is 324 g/mol. The van der Waals surface area contributed by atoms with Crippen LogP contribution in [0.25, 0.3) is 32.9 Å². The van der Waals surface area contributed by atoms with E-state index in [0.29, 0.717) is 0 Å². The van der Waals surface area contributed by atoms with Crippen molar-refractivity contribution in [1.82, 2.24) is 19.9 Å². The summed E-state index contributed by atoms with van der Waals surface area (Å²) in [5.74, 6) is 0. The van der Waals surface area contributed by atoms with E-state index in [4.69, 9.17) is 0 Å². The van der Waals surface area contributed by atoms with E-state index < -0.39 is 0 Å². The number of rotatable bonds is 1. The van der Waals surface area contributed by atoms with Crippen molar-refractivity contribution in [2.45, 2.75) is 0 Å². The fraction of sp³-hybridized carbons (Fsp3) is 0. The Bertz CT molecular complexity index is 996. The fourth-order valence-electron chi connectivity index (χ4n) is 2.83. The molecule has 0 aliphatic rings. The van der Waals surface area contributed by atoms with E-state index in [9.17, 15) is 0 Å². The molecule has 0 unspecified atom stereocenters. The second-order valence-electron chi connectivity index (χ2n) is 5.52. The Balaban J connectivity index is 0.000000272. The molecule has 0 amide bonds. The maximum Gasteiger partial charge on any atom is 0.0970 e. The Morgan fingerprint density at radius 3 is 1.60 bits per heavy atom. The summed E-state index contributed by atoms with van der Waals surface area (Å²) in [6, 6.07) is 20.6. The molecule has 3 aromatic heterocycles. The molecular formula is C21H16N4. The molecule has 2 aromatic carbocycles. The second kappa shape index (κ2) is 6.93. The van der Waals surface area contributed by atoms with E-state index in [1.807, 2.05) is 48.8 Å². The Labute approximate surface area is 145 Å². The van der Waals surface area contributed by atoms with E-state index in [0.717, 1.165) is 22.2 Å². The van der Waals surface area contributed by atoms with Crippen LogP contribution in [-0.4, -0.2) is 19.9 Å². The van der Waals surface area contributed by atoms with E-state index in [2.05, 4.69) is 44.2 Å². The average molecular weight is 324 g/mol. The van der Waals surface area contributed by atoms with E-state index in [1.165, 1.54) is 10.8 Å². The number of nitrogens with zero attached hydrogens (tertiary/aromatic N) is 3. The normalized spacial score (nSPS) is 10.4. The number of benzene rings is 2. The summed E-state index contributed by atoms with van der Waals surface area (Å²) in [5, 5.41) is 4.65. The standard InChI is InChI=1S/C18H12N2.C3H4N2/c1-3-7-15-13(5-1)9-11-19-17(15)18-16-8-4-2-6-14(16)10-12-20-18;1-2-5-3-4-1/h1-12H;1-3H,(H,4,5). The van der Waals surface area contributed by atoms with Gasteiger partial charge in [-0.15, -0.1) is 0 Å². The molecule has 120 valence electrons. The molecule has 0 saturated carbocycles. The molecule has 25 heavy (non-hydrogen) atoms. The zero-order valence-corrected chi connectivity index (χ0v) is 13.5. The Morgan fingerprint density at radius 2 is 1.16 bits per heavy atom. The van der Waals surface area contributed by atoms with Gasteiger partial charge in [-0.05, 0) is 22.9 Å². The third kappa shape index (κ3) is 3.10. The van der Waals surface area contributed by atoms with Gasteiger partial charge in [0.15, 0.2) is 0 Å². The molecule has 1 N–H and O–H groups in total. The van der Waals surface area contributed by atoms with Crippen molar-refractivity contribution >= 4 is 21.5 Å². The van der Waals surface area contributed by atoms with Gasteiger partial charge in [0.05, 0.1) is 17.7 Å². The second-order valence-corrected chi connectivity index (χ2v) is 5.52. The van der Waals surface area contributed by atoms with Crippen molar-refractivity contribution in [2.75, 3.05) is 0 Å². The van der Waals surface area contributed by atoms with E-state index in [-0.39, 0.29) is 0 Å².